The maximum atomic E-state index is 11.4. The molecule has 2 atom stereocenters. The topological polar surface area (TPSA) is 43.1 Å². The normalized spacial score (nSPS) is 15.8. The molecule has 2 unspecified atom stereocenters. The molecule has 12 heavy (non-hydrogen) atoms. The second-order valence-electron chi connectivity index (χ2n) is 2.81. The van der Waals surface area contributed by atoms with E-state index >= 15 is 0 Å². The molecule has 0 aliphatic rings. The molecule has 0 aliphatic heterocycles. The molecular formula is C8H13NOS2. The highest BCUT2D eigenvalue weighted by Crippen LogP contribution is 2.11. The van der Waals surface area contributed by atoms with Crippen LogP contribution < -0.4 is 5.73 Å². The zero-order valence-corrected chi connectivity index (χ0v) is 8.66. The lowest BCUT2D eigenvalue weighted by Crippen LogP contribution is -2.23. The second kappa shape index (κ2) is 4.74. The standard InChI is InChI=1S/C8H13NOS2/c1-7(9)5-12(10)6-8-3-2-4-11-8/h2-4,7H,5-6,9H2,1H3. The Balaban J connectivity index is 2.37. The zero-order valence-electron chi connectivity index (χ0n) is 7.03. The van der Waals surface area contributed by atoms with Crippen molar-refractivity contribution < 1.29 is 4.21 Å². The highest BCUT2D eigenvalue weighted by atomic mass is 32.2. The van der Waals surface area contributed by atoms with E-state index in [1.807, 2.05) is 24.4 Å². The number of hydrogen-bond acceptors (Lipinski definition) is 3. The van der Waals surface area contributed by atoms with Crippen molar-refractivity contribution >= 4 is 22.1 Å². The first-order valence-electron chi connectivity index (χ1n) is 3.81. The van der Waals surface area contributed by atoms with Crippen LogP contribution in [0.15, 0.2) is 17.5 Å². The number of nitrogens with two attached hydrogens (primary N) is 1. The minimum Gasteiger partial charge on any atom is -0.327 e. The van der Waals surface area contributed by atoms with Gasteiger partial charge in [0, 0.05) is 27.5 Å². The van der Waals surface area contributed by atoms with E-state index in [4.69, 9.17) is 5.73 Å². The van der Waals surface area contributed by atoms with Crippen molar-refractivity contribution in [1.82, 2.24) is 0 Å². The number of rotatable bonds is 4. The van der Waals surface area contributed by atoms with Gasteiger partial charge in [0.05, 0.1) is 5.75 Å². The van der Waals surface area contributed by atoms with Gasteiger partial charge in [-0.15, -0.1) is 11.3 Å². The lowest BCUT2D eigenvalue weighted by molar-refractivity contribution is 0.676. The first-order chi connectivity index (χ1) is 5.68. The average Bonchev–Trinajstić information content (AvgIpc) is 2.37. The van der Waals surface area contributed by atoms with E-state index in [0.717, 1.165) is 0 Å². The van der Waals surface area contributed by atoms with Gasteiger partial charge in [-0.25, -0.2) is 0 Å². The third kappa shape index (κ3) is 3.47. The highest BCUT2D eigenvalue weighted by Gasteiger charge is 2.04. The van der Waals surface area contributed by atoms with Crippen molar-refractivity contribution in [2.75, 3.05) is 5.75 Å². The van der Waals surface area contributed by atoms with Gasteiger partial charge in [-0.2, -0.15) is 0 Å². The predicted octanol–water partition coefficient (Wildman–Crippen LogP) is 1.34. The molecule has 0 aromatic carbocycles. The monoisotopic (exact) mass is 203 g/mol. The fourth-order valence-corrected chi connectivity index (χ4v) is 3.18. The van der Waals surface area contributed by atoms with Crippen LogP contribution >= 0.6 is 11.3 Å². The van der Waals surface area contributed by atoms with E-state index in [1.165, 1.54) is 4.88 Å². The SMILES string of the molecule is CC(N)CS(=O)Cc1cccs1. The third-order valence-corrected chi connectivity index (χ3v) is 3.92. The fraction of sp³-hybridized carbons (Fsp3) is 0.500. The molecule has 0 saturated heterocycles. The Kier molecular flexibility index (Phi) is 3.91. The molecule has 1 aromatic rings. The Morgan fingerprint density at radius 1 is 1.75 bits per heavy atom. The summed E-state index contributed by atoms with van der Waals surface area (Å²) in [4.78, 5) is 1.17. The summed E-state index contributed by atoms with van der Waals surface area (Å²) >= 11 is 1.64. The molecule has 0 aliphatic carbocycles. The summed E-state index contributed by atoms with van der Waals surface area (Å²) in [5, 5.41) is 2.00. The van der Waals surface area contributed by atoms with E-state index in [9.17, 15) is 4.21 Å². The van der Waals surface area contributed by atoms with Crippen LogP contribution in [0, 0.1) is 0 Å². The molecule has 0 fully saturated rings. The molecule has 4 heteroatoms. The Morgan fingerprint density at radius 3 is 3.00 bits per heavy atom. The van der Waals surface area contributed by atoms with Crippen LogP contribution in [-0.2, 0) is 16.6 Å². The van der Waals surface area contributed by atoms with Gasteiger partial charge in [0.2, 0.25) is 0 Å². The van der Waals surface area contributed by atoms with Crippen LogP contribution in [0.2, 0.25) is 0 Å². The van der Waals surface area contributed by atoms with E-state index in [-0.39, 0.29) is 6.04 Å². The van der Waals surface area contributed by atoms with Gasteiger partial charge in [-0.05, 0) is 18.4 Å². The Labute approximate surface area is 79.2 Å². The van der Waals surface area contributed by atoms with Crippen LogP contribution in [0.4, 0.5) is 0 Å². The number of hydrogen-bond donors (Lipinski definition) is 1. The van der Waals surface area contributed by atoms with E-state index in [0.29, 0.717) is 11.5 Å². The minimum absolute atomic E-state index is 0.0331. The minimum atomic E-state index is -0.794. The van der Waals surface area contributed by atoms with Gasteiger partial charge in [0.15, 0.2) is 0 Å². The largest absolute Gasteiger partial charge is 0.327 e. The molecule has 2 N–H and O–H groups in total. The zero-order chi connectivity index (χ0) is 8.97. The van der Waals surface area contributed by atoms with Crippen LogP contribution in [0.3, 0.4) is 0 Å². The summed E-state index contributed by atoms with van der Waals surface area (Å²) in [6.45, 7) is 1.88. The van der Waals surface area contributed by atoms with Crippen molar-refractivity contribution in [3.8, 4) is 0 Å². The van der Waals surface area contributed by atoms with Crippen molar-refractivity contribution in [3.05, 3.63) is 22.4 Å². The van der Waals surface area contributed by atoms with Crippen LogP contribution in [-0.4, -0.2) is 16.0 Å². The van der Waals surface area contributed by atoms with Gasteiger partial charge in [0.25, 0.3) is 0 Å². The molecule has 2 nitrogen and oxygen atoms in total. The molecule has 0 radical (unpaired) electrons. The molecule has 68 valence electrons. The van der Waals surface area contributed by atoms with Crippen molar-refractivity contribution in [1.29, 1.82) is 0 Å². The molecule has 0 saturated carbocycles. The van der Waals surface area contributed by atoms with Crippen molar-refractivity contribution in [3.63, 3.8) is 0 Å². The van der Waals surface area contributed by atoms with Crippen LogP contribution in [0.1, 0.15) is 11.8 Å². The maximum Gasteiger partial charge on any atom is 0.0580 e. The fourth-order valence-electron chi connectivity index (χ4n) is 0.906. The van der Waals surface area contributed by atoms with Crippen molar-refractivity contribution in [2.24, 2.45) is 5.73 Å². The number of thiophene rings is 1. The van der Waals surface area contributed by atoms with Crippen LogP contribution in [0.25, 0.3) is 0 Å². The van der Waals surface area contributed by atoms with Crippen molar-refractivity contribution in [2.45, 2.75) is 18.7 Å². The second-order valence-corrected chi connectivity index (χ2v) is 5.34. The Morgan fingerprint density at radius 2 is 2.50 bits per heavy atom. The molecule has 0 spiro atoms. The summed E-state index contributed by atoms with van der Waals surface area (Å²) in [5.41, 5.74) is 5.53. The maximum absolute atomic E-state index is 11.4. The average molecular weight is 203 g/mol. The summed E-state index contributed by atoms with van der Waals surface area (Å²) in [6, 6.07) is 4.01. The Bertz CT molecular complexity index is 244. The lowest BCUT2D eigenvalue weighted by atomic mass is 10.4. The predicted molar refractivity (Wildman–Crippen MR) is 54.7 cm³/mol. The molecule has 1 rings (SSSR count). The van der Waals surface area contributed by atoms with E-state index in [2.05, 4.69) is 0 Å². The van der Waals surface area contributed by atoms with Gasteiger partial charge in [-0.1, -0.05) is 6.07 Å². The molecule has 0 bridgehead atoms. The van der Waals surface area contributed by atoms with Gasteiger partial charge in [-0.3, -0.25) is 4.21 Å². The van der Waals surface area contributed by atoms with Gasteiger partial charge < -0.3 is 5.73 Å². The summed E-state index contributed by atoms with van der Waals surface area (Å²) in [6.07, 6.45) is 0. The summed E-state index contributed by atoms with van der Waals surface area (Å²) in [7, 11) is -0.794. The van der Waals surface area contributed by atoms with E-state index < -0.39 is 10.8 Å². The lowest BCUT2D eigenvalue weighted by Gasteiger charge is -2.02. The Hall–Kier alpha value is -0.190. The molecule has 1 heterocycles. The van der Waals surface area contributed by atoms with E-state index in [1.54, 1.807) is 11.3 Å². The molecule has 0 amide bonds. The first-order valence-corrected chi connectivity index (χ1v) is 6.18. The molecule has 1 aromatic heterocycles. The smallest absolute Gasteiger partial charge is 0.0580 e. The third-order valence-electron chi connectivity index (χ3n) is 1.33. The summed E-state index contributed by atoms with van der Waals surface area (Å²) in [5.74, 6) is 1.25. The molecular weight excluding hydrogens is 190 g/mol. The summed E-state index contributed by atoms with van der Waals surface area (Å²) < 4.78 is 11.4. The first kappa shape index (κ1) is 9.89. The van der Waals surface area contributed by atoms with Crippen LogP contribution in [0.5, 0.6) is 0 Å². The van der Waals surface area contributed by atoms with Gasteiger partial charge >= 0.3 is 0 Å². The quantitative estimate of drug-likeness (QED) is 0.802. The highest BCUT2D eigenvalue weighted by molar-refractivity contribution is 7.84. The van der Waals surface area contributed by atoms with Gasteiger partial charge in [0.1, 0.15) is 0 Å².